The van der Waals surface area contributed by atoms with Crippen LogP contribution in [0.4, 0.5) is 0 Å². The Balaban J connectivity index is 0.00000128. The summed E-state index contributed by atoms with van der Waals surface area (Å²) in [5.74, 6) is 0.339. The number of nitrogens with one attached hydrogen (secondary N) is 2. The maximum atomic E-state index is 11.7. The predicted octanol–water partition coefficient (Wildman–Crippen LogP) is 0.824. The molecule has 0 aromatic carbocycles. The quantitative estimate of drug-likeness (QED) is 0.810. The van der Waals surface area contributed by atoms with Gasteiger partial charge in [0.25, 0.3) is 5.91 Å². The summed E-state index contributed by atoms with van der Waals surface area (Å²) >= 11 is 0. The Bertz CT molecular complexity index is 329. The molecule has 6 heteroatoms. The minimum absolute atomic E-state index is 0. The first-order chi connectivity index (χ1) is 7.27. The SMILES string of the molecule is CC1CCNCC1NC(=O)c1ccon1.Cl. The zero-order chi connectivity index (χ0) is 10.7. The first-order valence-electron chi connectivity index (χ1n) is 5.19. The van der Waals surface area contributed by atoms with E-state index < -0.39 is 0 Å². The number of nitrogens with zero attached hydrogens (tertiary/aromatic N) is 1. The standard InChI is InChI=1S/C10H15N3O2.ClH/c1-7-2-4-11-6-9(7)12-10(14)8-3-5-15-13-8;/h3,5,7,9,11H,2,4,6H2,1H3,(H,12,14);1H. The number of rotatable bonds is 2. The molecule has 1 aromatic heterocycles. The van der Waals surface area contributed by atoms with Crippen molar-refractivity contribution in [3.8, 4) is 0 Å². The predicted molar refractivity (Wildman–Crippen MR) is 61.7 cm³/mol. The largest absolute Gasteiger partial charge is 0.364 e. The molecule has 2 rings (SSSR count). The number of carbonyl (C=O) groups is 1. The average Bonchev–Trinajstić information content (AvgIpc) is 2.74. The first kappa shape index (κ1) is 13.0. The lowest BCUT2D eigenvalue weighted by atomic mass is 9.95. The highest BCUT2D eigenvalue weighted by Gasteiger charge is 2.23. The van der Waals surface area contributed by atoms with Crippen LogP contribution in [0.25, 0.3) is 0 Å². The molecule has 90 valence electrons. The van der Waals surface area contributed by atoms with Gasteiger partial charge < -0.3 is 15.2 Å². The minimum Gasteiger partial charge on any atom is -0.364 e. The van der Waals surface area contributed by atoms with Crippen LogP contribution < -0.4 is 10.6 Å². The van der Waals surface area contributed by atoms with Gasteiger partial charge in [-0.05, 0) is 18.9 Å². The van der Waals surface area contributed by atoms with Gasteiger partial charge in [-0.3, -0.25) is 4.79 Å². The molecule has 0 saturated carbocycles. The molecular formula is C10H16ClN3O2. The van der Waals surface area contributed by atoms with E-state index in [1.54, 1.807) is 6.07 Å². The average molecular weight is 246 g/mol. The number of halogens is 1. The second kappa shape index (κ2) is 5.86. The van der Waals surface area contributed by atoms with Gasteiger partial charge in [0.05, 0.1) is 0 Å². The van der Waals surface area contributed by atoms with Crippen molar-refractivity contribution in [2.45, 2.75) is 19.4 Å². The monoisotopic (exact) mass is 245 g/mol. The maximum absolute atomic E-state index is 11.7. The van der Waals surface area contributed by atoms with E-state index in [1.807, 2.05) is 0 Å². The zero-order valence-corrected chi connectivity index (χ0v) is 9.92. The van der Waals surface area contributed by atoms with Crippen LogP contribution in [0.1, 0.15) is 23.8 Å². The third-order valence-corrected chi connectivity index (χ3v) is 2.81. The Morgan fingerprint density at radius 2 is 2.50 bits per heavy atom. The summed E-state index contributed by atoms with van der Waals surface area (Å²) in [6.07, 6.45) is 2.49. The normalized spacial score (nSPS) is 24.6. The van der Waals surface area contributed by atoms with Gasteiger partial charge in [0.2, 0.25) is 0 Å². The maximum Gasteiger partial charge on any atom is 0.273 e. The highest BCUT2D eigenvalue weighted by atomic mass is 35.5. The van der Waals surface area contributed by atoms with Crippen molar-refractivity contribution in [3.05, 3.63) is 18.0 Å². The van der Waals surface area contributed by atoms with E-state index in [9.17, 15) is 4.79 Å². The van der Waals surface area contributed by atoms with Crippen molar-refractivity contribution in [1.29, 1.82) is 0 Å². The van der Waals surface area contributed by atoms with Crippen LogP contribution in [0.5, 0.6) is 0 Å². The van der Waals surface area contributed by atoms with Crippen molar-refractivity contribution in [2.75, 3.05) is 13.1 Å². The Morgan fingerprint density at radius 1 is 1.69 bits per heavy atom. The van der Waals surface area contributed by atoms with Crippen molar-refractivity contribution in [3.63, 3.8) is 0 Å². The lowest BCUT2D eigenvalue weighted by molar-refractivity contribution is 0.0906. The summed E-state index contributed by atoms with van der Waals surface area (Å²) in [5.41, 5.74) is 0.341. The van der Waals surface area contributed by atoms with Crippen molar-refractivity contribution < 1.29 is 9.32 Å². The van der Waals surface area contributed by atoms with Gasteiger partial charge in [-0.1, -0.05) is 12.1 Å². The van der Waals surface area contributed by atoms with Gasteiger partial charge in [-0.2, -0.15) is 0 Å². The number of hydrogen-bond acceptors (Lipinski definition) is 4. The number of piperidine rings is 1. The van der Waals surface area contributed by atoms with Crippen LogP contribution in [0, 0.1) is 5.92 Å². The van der Waals surface area contributed by atoms with Gasteiger partial charge in [0.15, 0.2) is 5.69 Å². The number of amides is 1. The molecule has 1 aliphatic heterocycles. The summed E-state index contributed by atoms with van der Waals surface area (Å²) in [6.45, 7) is 4.00. The fraction of sp³-hybridized carbons (Fsp3) is 0.600. The molecule has 1 fully saturated rings. The molecule has 2 atom stereocenters. The fourth-order valence-corrected chi connectivity index (χ4v) is 1.75. The second-order valence-corrected chi connectivity index (χ2v) is 3.93. The molecule has 1 saturated heterocycles. The van der Waals surface area contributed by atoms with Crippen LogP contribution in [0.2, 0.25) is 0 Å². The Kier molecular flexibility index (Phi) is 4.76. The van der Waals surface area contributed by atoms with Gasteiger partial charge in [-0.25, -0.2) is 0 Å². The van der Waals surface area contributed by atoms with Crippen LogP contribution in [0.15, 0.2) is 16.9 Å². The molecule has 1 aromatic rings. The Hall–Kier alpha value is -1.07. The van der Waals surface area contributed by atoms with E-state index in [2.05, 4.69) is 27.2 Å². The first-order valence-corrected chi connectivity index (χ1v) is 5.19. The third kappa shape index (κ3) is 2.96. The van der Waals surface area contributed by atoms with Crippen molar-refractivity contribution in [1.82, 2.24) is 15.8 Å². The summed E-state index contributed by atoms with van der Waals surface area (Å²) in [5, 5.41) is 9.80. The highest BCUT2D eigenvalue weighted by molar-refractivity contribution is 5.92. The van der Waals surface area contributed by atoms with E-state index in [4.69, 9.17) is 0 Å². The highest BCUT2D eigenvalue weighted by Crippen LogP contribution is 2.11. The summed E-state index contributed by atoms with van der Waals surface area (Å²) in [6, 6.07) is 1.75. The van der Waals surface area contributed by atoms with E-state index in [0.717, 1.165) is 19.5 Å². The molecular weight excluding hydrogens is 230 g/mol. The lowest BCUT2D eigenvalue weighted by Gasteiger charge is -2.29. The summed E-state index contributed by atoms with van der Waals surface area (Å²) < 4.78 is 4.63. The molecule has 16 heavy (non-hydrogen) atoms. The van der Waals surface area contributed by atoms with Crippen LogP contribution in [0.3, 0.4) is 0 Å². The molecule has 1 amide bonds. The van der Waals surface area contributed by atoms with Gasteiger partial charge in [-0.15, -0.1) is 12.4 Å². The molecule has 0 spiro atoms. The molecule has 0 aliphatic carbocycles. The number of carbonyl (C=O) groups excluding carboxylic acids is 1. The molecule has 2 N–H and O–H groups in total. The second-order valence-electron chi connectivity index (χ2n) is 3.93. The lowest BCUT2D eigenvalue weighted by Crippen LogP contribution is -2.50. The molecule has 0 radical (unpaired) electrons. The van der Waals surface area contributed by atoms with Gasteiger partial charge in [0.1, 0.15) is 6.26 Å². The topological polar surface area (TPSA) is 67.2 Å². The smallest absolute Gasteiger partial charge is 0.273 e. The molecule has 5 nitrogen and oxygen atoms in total. The number of aromatic nitrogens is 1. The Morgan fingerprint density at radius 3 is 3.12 bits per heavy atom. The van der Waals surface area contributed by atoms with E-state index >= 15 is 0 Å². The zero-order valence-electron chi connectivity index (χ0n) is 9.10. The van der Waals surface area contributed by atoms with Crippen LogP contribution in [-0.4, -0.2) is 30.2 Å². The van der Waals surface area contributed by atoms with Gasteiger partial charge in [0, 0.05) is 18.7 Å². The third-order valence-electron chi connectivity index (χ3n) is 2.81. The van der Waals surface area contributed by atoms with Gasteiger partial charge >= 0.3 is 0 Å². The molecule has 0 bridgehead atoms. The van der Waals surface area contributed by atoms with Crippen LogP contribution >= 0.6 is 12.4 Å². The summed E-state index contributed by atoms with van der Waals surface area (Å²) in [7, 11) is 0. The van der Waals surface area contributed by atoms with E-state index in [-0.39, 0.29) is 24.4 Å². The Labute approximate surface area is 100 Å². The molecule has 2 unspecified atom stereocenters. The van der Waals surface area contributed by atoms with Crippen molar-refractivity contribution >= 4 is 18.3 Å². The minimum atomic E-state index is -0.163. The number of hydrogen-bond donors (Lipinski definition) is 2. The van der Waals surface area contributed by atoms with E-state index in [1.165, 1.54) is 6.26 Å². The fourth-order valence-electron chi connectivity index (χ4n) is 1.75. The summed E-state index contributed by atoms with van der Waals surface area (Å²) in [4.78, 5) is 11.7. The van der Waals surface area contributed by atoms with E-state index in [0.29, 0.717) is 11.6 Å². The molecule has 2 heterocycles. The molecule has 1 aliphatic rings. The van der Waals surface area contributed by atoms with Crippen LogP contribution in [-0.2, 0) is 0 Å². The van der Waals surface area contributed by atoms with Crippen molar-refractivity contribution in [2.24, 2.45) is 5.92 Å².